The number of methoxy groups -OCH3 is 1. The number of carbonyl (C=O) groups excluding carboxylic acids is 2. The second kappa shape index (κ2) is 9.05. The van der Waals surface area contributed by atoms with E-state index in [9.17, 15) is 9.59 Å². The quantitative estimate of drug-likeness (QED) is 0.469. The molecule has 6 heteroatoms. The van der Waals surface area contributed by atoms with E-state index in [0.717, 1.165) is 12.8 Å². The van der Waals surface area contributed by atoms with Gasteiger partial charge in [0.25, 0.3) is 0 Å². The molecule has 1 aliphatic rings. The van der Waals surface area contributed by atoms with Crippen LogP contribution in [-0.2, 0) is 19.1 Å². The molecule has 1 saturated heterocycles. The maximum Gasteiger partial charge on any atom is 0.247 e. The normalized spacial score (nSPS) is 19.4. The van der Waals surface area contributed by atoms with Gasteiger partial charge in [0.15, 0.2) is 0 Å². The fraction of sp³-hybridized carbons (Fsp3) is 0.857. The largest absolute Gasteiger partial charge is 0.382 e. The molecule has 0 aromatic carbocycles. The summed E-state index contributed by atoms with van der Waals surface area (Å²) >= 11 is 0. The van der Waals surface area contributed by atoms with Crippen molar-refractivity contribution in [3.8, 4) is 0 Å². The first-order valence-corrected chi connectivity index (χ1v) is 7.31. The van der Waals surface area contributed by atoms with E-state index in [2.05, 4.69) is 5.32 Å². The molecule has 0 bridgehead atoms. The third-order valence-corrected chi connectivity index (χ3v) is 3.56. The van der Waals surface area contributed by atoms with E-state index < -0.39 is 6.04 Å². The van der Waals surface area contributed by atoms with Crippen molar-refractivity contribution in [3.05, 3.63) is 0 Å². The lowest BCUT2D eigenvalue weighted by molar-refractivity contribution is -0.141. The average Bonchev–Trinajstić information content (AvgIpc) is 2.72. The highest BCUT2D eigenvalue weighted by Gasteiger charge is 2.40. The number of carbonyl (C=O) groups is 2. The molecule has 1 heterocycles. The molecule has 20 heavy (non-hydrogen) atoms. The van der Waals surface area contributed by atoms with Crippen molar-refractivity contribution in [1.29, 1.82) is 0 Å². The van der Waals surface area contributed by atoms with Crippen LogP contribution in [-0.4, -0.2) is 62.3 Å². The number of likely N-dealkylation sites (tertiary alicyclic amines) is 1. The minimum Gasteiger partial charge on any atom is -0.382 e. The lowest BCUT2D eigenvalue weighted by Gasteiger charge is -2.24. The standard InChI is InChI=1S/C14H26N2O4/c1-4-11(5-2)16-13(17)10-12(14(16)18)15-6-7-20-9-8-19-3/h11-12,15H,4-10H2,1-3H3. The summed E-state index contributed by atoms with van der Waals surface area (Å²) in [4.78, 5) is 25.6. The van der Waals surface area contributed by atoms with Crippen LogP contribution in [0.3, 0.4) is 0 Å². The number of ether oxygens (including phenoxy) is 2. The topological polar surface area (TPSA) is 67.9 Å². The molecule has 0 radical (unpaired) electrons. The molecule has 2 amide bonds. The summed E-state index contributed by atoms with van der Waals surface area (Å²) in [6, 6.07) is -0.367. The molecule has 0 saturated carbocycles. The second-order valence-electron chi connectivity index (χ2n) is 4.89. The number of nitrogens with one attached hydrogen (secondary N) is 1. The van der Waals surface area contributed by atoms with E-state index in [1.807, 2.05) is 13.8 Å². The fourth-order valence-electron chi connectivity index (χ4n) is 2.40. The third-order valence-electron chi connectivity index (χ3n) is 3.56. The second-order valence-corrected chi connectivity index (χ2v) is 4.89. The number of rotatable bonds is 10. The summed E-state index contributed by atoms with van der Waals surface area (Å²) in [6.45, 7) is 6.16. The molecule has 1 atom stereocenters. The number of imide groups is 1. The van der Waals surface area contributed by atoms with Gasteiger partial charge in [0.05, 0.1) is 32.3 Å². The zero-order chi connectivity index (χ0) is 15.0. The Bertz CT molecular complexity index is 318. The Morgan fingerprint density at radius 2 is 1.95 bits per heavy atom. The van der Waals surface area contributed by atoms with Crippen molar-refractivity contribution in [1.82, 2.24) is 10.2 Å². The van der Waals surface area contributed by atoms with Crippen LogP contribution in [0.2, 0.25) is 0 Å². The average molecular weight is 286 g/mol. The van der Waals surface area contributed by atoms with Crippen LogP contribution in [0.5, 0.6) is 0 Å². The van der Waals surface area contributed by atoms with Gasteiger partial charge in [-0.3, -0.25) is 14.5 Å². The Hall–Kier alpha value is -0.980. The molecule has 1 rings (SSSR count). The fourth-order valence-corrected chi connectivity index (χ4v) is 2.40. The summed E-state index contributed by atoms with van der Waals surface area (Å²) in [5.74, 6) is -0.165. The van der Waals surface area contributed by atoms with Crippen molar-refractivity contribution >= 4 is 11.8 Å². The maximum atomic E-state index is 12.2. The van der Waals surface area contributed by atoms with Gasteiger partial charge in [-0.2, -0.15) is 0 Å². The Balaban J connectivity index is 2.34. The summed E-state index contributed by atoms with van der Waals surface area (Å²) in [5.41, 5.74) is 0. The highest BCUT2D eigenvalue weighted by Crippen LogP contribution is 2.19. The minimum absolute atomic E-state index is 0.0275. The van der Waals surface area contributed by atoms with E-state index in [1.165, 1.54) is 4.90 Å². The Labute approximate surface area is 120 Å². The summed E-state index contributed by atoms with van der Waals surface area (Å²) < 4.78 is 10.2. The highest BCUT2D eigenvalue weighted by molar-refractivity contribution is 6.05. The molecule has 6 nitrogen and oxygen atoms in total. The van der Waals surface area contributed by atoms with Gasteiger partial charge in [0, 0.05) is 19.7 Å². The van der Waals surface area contributed by atoms with Gasteiger partial charge in [-0.05, 0) is 12.8 Å². The highest BCUT2D eigenvalue weighted by atomic mass is 16.5. The molecule has 1 fully saturated rings. The molecular formula is C14H26N2O4. The summed E-state index contributed by atoms with van der Waals surface area (Å²) in [7, 11) is 1.62. The first kappa shape index (κ1) is 17.1. The van der Waals surface area contributed by atoms with Gasteiger partial charge in [-0.1, -0.05) is 13.8 Å². The number of amides is 2. The molecular weight excluding hydrogens is 260 g/mol. The number of hydrogen-bond donors (Lipinski definition) is 1. The van der Waals surface area contributed by atoms with Crippen LogP contribution in [0.1, 0.15) is 33.1 Å². The Kier molecular flexibility index (Phi) is 7.72. The van der Waals surface area contributed by atoms with Crippen molar-refractivity contribution in [3.63, 3.8) is 0 Å². The lowest BCUT2D eigenvalue weighted by Crippen LogP contribution is -2.44. The van der Waals surface area contributed by atoms with Gasteiger partial charge in [-0.15, -0.1) is 0 Å². The SMILES string of the molecule is CCC(CC)N1C(=O)CC(NCCOCCOC)C1=O. The molecule has 0 aliphatic carbocycles. The van der Waals surface area contributed by atoms with E-state index in [1.54, 1.807) is 7.11 Å². The molecule has 1 aliphatic heterocycles. The zero-order valence-corrected chi connectivity index (χ0v) is 12.7. The van der Waals surface area contributed by atoms with Gasteiger partial charge in [0.2, 0.25) is 11.8 Å². The van der Waals surface area contributed by atoms with Crippen molar-refractivity contribution < 1.29 is 19.1 Å². The van der Waals surface area contributed by atoms with Crippen LogP contribution >= 0.6 is 0 Å². The lowest BCUT2D eigenvalue weighted by atomic mass is 10.1. The van der Waals surface area contributed by atoms with E-state index in [0.29, 0.717) is 26.4 Å². The van der Waals surface area contributed by atoms with Gasteiger partial charge in [0.1, 0.15) is 0 Å². The summed E-state index contributed by atoms with van der Waals surface area (Å²) in [5, 5.41) is 3.09. The van der Waals surface area contributed by atoms with Crippen LogP contribution in [0.15, 0.2) is 0 Å². The third kappa shape index (κ3) is 4.54. The summed E-state index contributed by atoms with van der Waals surface area (Å²) in [6.07, 6.45) is 1.87. The van der Waals surface area contributed by atoms with Gasteiger partial charge in [-0.25, -0.2) is 0 Å². The molecule has 1 N–H and O–H groups in total. The Morgan fingerprint density at radius 1 is 1.25 bits per heavy atom. The first-order chi connectivity index (χ1) is 9.65. The van der Waals surface area contributed by atoms with Crippen LogP contribution < -0.4 is 5.32 Å². The van der Waals surface area contributed by atoms with Crippen LogP contribution in [0, 0.1) is 0 Å². The van der Waals surface area contributed by atoms with Crippen molar-refractivity contribution in [2.24, 2.45) is 0 Å². The number of hydrogen-bond acceptors (Lipinski definition) is 5. The monoisotopic (exact) mass is 286 g/mol. The zero-order valence-electron chi connectivity index (χ0n) is 12.7. The van der Waals surface area contributed by atoms with Crippen LogP contribution in [0.25, 0.3) is 0 Å². The Morgan fingerprint density at radius 3 is 2.55 bits per heavy atom. The minimum atomic E-state index is -0.394. The molecule has 0 aromatic heterocycles. The molecule has 116 valence electrons. The van der Waals surface area contributed by atoms with Crippen molar-refractivity contribution in [2.75, 3.05) is 33.5 Å². The predicted octanol–water partition coefficient (Wildman–Crippen LogP) is 0.555. The smallest absolute Gasteiger partial charge is 0.247 e. The predicted molar refractivity (Wildman–Crippen MR) is 75.3 cm³/mol. The molecule has 0 spiro atoms. The van der Waals surface area contributed by atoms with Gasteiger partial charge >= 0.3 is 0 Å². The maximum absolute atomic E-state index is 12.2. The first-order valence-electron chi connectivity index (χ1n) is 7.31. The van der Waals surface area contributed by atoms with Crippen molar-refractivity contribution in [2.45, 2.75) is 45.2 Å². The number of nitrogens with zero attached hydrogens (tertiary/aromatic N) is 1. The van der Waals surface area contributed by atoms with E-state index in [4.69, 9.17) is 9.47 Å². The molecule has 1 unspecified atom stereocenters. The van der Waals surface area contributed by atoms with E-state index >= 15 is 0 Å². The van der Waals surface area contributed by atoms with Gasteiger partial charge < -0.3 is 14.8 Å². The van der Waals surface area contributed by atoms with Crippen LogP contribution in [0.4, 0.5) is 0 Å². The molecule has 0 aromatic rings. The van der Waals surface area contributed by atoms with E-state index in [-0.39, 0.29) is 24.3 Å².